The Bertz CT molecular complexity index is 417. The van der Waals surface area contributed by atoms with Gasteiger partial charge in [0.25, 0.3) is 0 Å². The van der Waals surface area contributed by atoms with Gasteiger partial charge >= 0.3 is 0 Å². The molecule has 1 nitrogen and oxygen atoms in total. The first kappa shape index (κ1) is 13.9. The maximum atomic E-state index is 6.14. The molecule has 0 aromatic heterocycles. The third-order valence-electron chi connectivity index (χ3n) is 4.87. The molecule has 18 heavy (non-hydrogen) atoms. The van der Waals surface area contributed by atoms with Gasteiger partial charge in [-0.3, -0.25) is 0 Å². The van der Waals surface area contributed by atoms with Crippen molar-refractivity contribution in [2.45, 2.75) is 46.1 Å². The molecule has 0 heterocycles. The summed E-state index contributed by atoms with van der Waals surface area (Å²) in [6.45, 7) is 10.3. The normalized spacial score (nSPS) is 35.3. The van der Waals surface area contributed by atoms with Gasteiger partial charge in [-0.15, -0.1) is 0 Å². The number of rotatable bonds is 4. The van der Waals surface area contributed by atoms with E-state index in [0.717, 1.165) is 11.6 Å². The van der Waals surface area contributed by atoms with Crippen molar-refractivity contribution in [3.63, 3.8) is 0 Å². The predicted molar refractivity (Wildman–Crippen MR) is 79.2 cm³/mol. The Labute approximate surface area is 116 Å². The van der Waals surface area contributed by atoms with Crippen LogP contribution in [0.15, 0.2) is 24.3 Å². The molecule has 0 saturated heterocycles. The predicted octanol–water partition coefficient (Wildman–Crippen LogP) is 4.47. The van der Waals surface area contributed by atoms with Crippen molar-refractivity contribution in [1.29, 1.82) is 0 Å². The molecule has 4 atom stereocenters. The summed E-state index contributed by atoms with van der Waals surface area (Å²) in [6.07, 6.45) is 1.20. The van der Waals surface area contributed by atoms with Crippen molar-refractivity contribution in [3.05, 3.63) is 34.9 Å². The standard InChI is InChI=1S/C16H24ClN/c1-5-16(4)14(11(3)15(16)18-6-2)12-8-7-9-13(17)10-12/h7-11,14-15,18H,5-6H2,1-4H3. The zero-order chi connectivity index (χ0) is 13.3. The molecule has 0 radical (unpaired) electrons. The van der Waals surface area contributed by atoms with Gasteiger partial charge in [0.2, 0.25) is 0 Å². The molecule has 4 unspecified atom stereocenters. The lowest BCUT2D eigenvalue weighted by Gasteiger charge is -2.60. The summed E-state index contributed by atoms with van der Waals surface area (Å²) in [5, 5.41) is 4.51. The second kappa shape index (κ2) is 5.22. The highest BCUT2D eigenvalue weighted by molar-refractivity contribution is 6.30. The van der Waals surface area contributed by atoms with E-state index >= 15 is 0 Å². The minimum absolute atomic E-state index is 0.347. The van der Waals surface area contributed by atoms with Crippen LogP contribution >= 0.6 is 11.6 Å². The molecule has 0 aliphatic heterocycles. The van der Waals surface area contributed by atoms with Crippen LogP contribution in [0.2, 0.25) is 5.02 Å². The third-order valence-corrected chi connectivity index (χ3v) is 5.10. The van der Waals surface area contributed by atoms with E-state index in [-0.39, 0.29) is 0 Å². The fourth-order valence-corrected chi connectivity index (χ4v) is 4.13. The van der Waals surface area contributed by atoms with Gasteiger partial charge in [-0.05, 0) is 47.9 Å². The average molecular weight is 266 g/mol. The van der Waals surface area contributed by atoms with Gasteiger partial charge < -0.3 is 5.32 Å². The van der Waals surface area contributed by atoms with E-state index in [1.165, 1.54) is 12.0 Å². The second-order valence-corrected chi connectivity index (χ2v) is 6.22. The molecule has 1 N–H and O–H groups in total. The lowest BCUT2D eigenvalue weighted by atomic mass is 9.48. The smallest absolute Gasteiger partial charge is 0.0408 e. The van der Waals surface area contributed by atoms with Crippen LogP contribution in [-0.2, 0) is 0 Å². The number of halogens is 1. The molecular weight excluding hydrogens is 242 g/mol. The Kier molecular flexibility index (Phi) is 4.03. The average Bonchev–Trinajstić information content (AvgIpc) is 2.36. The summed E-state index contributed by atoms with van der Waals surface area (Å²) in [4.78, 5) is 0. The van der Waals surface area contributed by atoms with Gasteiger partial charge in [0.05, 0.1) is 0 Å². The Balaban J connectivity index is 2.28. The van der Waals surface area contributed by atoms with Crippen LogP contribution in [-0.4, -0.2) is 12.6 Å². The van der Waals surface area contributed by atoms with Crippen LogP contribution in [0.4, 0.5) is 0 Å². The van der Waals surface area contributed by atoms with Crippen molar-refractivity contribution in [3.8, 4) is 0 Å². The molecule has 1 aliphatic carbocycles. The van der Waals surface area contributed by atoms with Crippen molar-refractivity contribution in [2.75, 3.05) is 6.54 Å². The quantitative estimate of drug-likeness (QED) is 0.847. The molecule has 100 valence electrons. The topological polar surface area (TPSA) is 12.0 Å². The van der Waals surface area contributed by atoms with Crippen LogP contribution < -0.4 is 5.32 Å². The summed E-state index contributed by atoms with van der Waals surface area (Å²) in [5.41, 5.74) is 1.74. The largest absolute Gasteiger partial charge is 0.313 e. The van der Waals surface area contributed by atoms with Crippen molar-refractivity contribution in [1.82, 2.24) is 5.32 Å². The molecule has 1 saturated carbocycles. The molecule has 1 aromatic carbocycles. The molecule has 1 aromatic rings. The van der Waals surface area contributed by atoms with Gasteiger partial charge in [0, 0.05) is 11.1 Å². The highest BCUT2D eigenvalue weighted by Crippen LogP contribution is 2.58. The van der Waals surface area contributed by atoms with Gasteiger partial charge in [-0.2, -0.15) is 0 Å². The molecular formula is C16H24ClN. The van der Waals surface area contributed by atoms with Crippen LogP contribution in [0, 0.1) is 11.3 Å². The minimum Gasteiger partial charge on any atom is -0.313 e. The zero-order valence-electron chi connectivity index (χ0n) is 11.8. The summed E-state index contributed by atoms with van der Waals surface area (Å²) < 4.78 is 0. The van der Waals surface area contributed by atoms with E-state index in [4.69, 9.17) is 11.6 Å². The lowest BCUT2D eigenvalue weighted by Crippen LogP contribution is -2.62. The Morgan fingerprint density at radius 3 is 2.61 bits per heavy atom. The second-order valence-electron chi connectivity index (χ2n) is 5.79. The summed E-state index contributed by atoms with van der Waals surface area (Å²) in [5.74, 6) is 1.29. The summed E-state index contributed by atoms with van der Waals surface area (Å²) in [7, 11) is 0. The number of benzene rings is 1. The third kappa shape index (κ3) is 2.08. The molecule has 2 rings (SSSR count). The fraction of sp³-hybridized carbons (Fsp3) is 0.625. The molecule has 1 fully saturated rings. The first-order valence-corrected chi connectivity index (χ1v) is 7.41. The lowest BCUT2D eigenvalue weighted by molar-refractivity contribution is -0.0187. The van der Waals surface area contributed by atoms with Gasteiger partial charge in [0.1, 0.15) is 0 Å². The van der Waals surface area contributed by atoms with Crippen LogP contribution in [0.25, 0.3) is 0 Å². The molecule has 0 amide bonds. The first-order valence-electron chi connectivity index (χ1n) is 7.03. The van der Waals surface area contributed by atoms with Crippen molar-refractivity contribution < 1.29 is 0 Å². The Morgan fingerprint density at radius 1 is 1.33 bits per heavy atom. The number of hydrogen-bond donors (Lipinski definition) is 1. The van der Waals surface area contributed by atoms with E-state index in [9.17, 15) is 0 Å². The zero-order valence-corrected chi connectivity index (χ0v) is 12.6. The molecule has 1 aliphatic rings. The highest BCUT2D eigenvalue weighted by Gasteiger charge is 2.55. The van der Waals surface area contributed by atoms with Crippen LogP contribution in [0.1, 0.15) is 45.6 Å². The molecule has 2 heteroatoms. The van der Waals surface area contributed by atoms with E-state index in [1.807, 2.05) is 6.07 Å². The van der Waals surface area contributed by atoms with E-state index in [2.05, 4.69) is 51.2 Å². The summed E-state index contributed by atoms with van der Waals surface area (Å²) in [6, 6.07) is 9.01. The van der Waals surface area contributed by atoms with Gasteiger partial charge in [-0.1, -0.05) is 51.4 Å². The monoisotopic (exact) mass is 265 g/mol. The SMILES string of the molecule is CCNC1C(C)C(c2cccc(Cl)c2)C1(C)CC. The number of hydrogen-bond acceptors (Lipinski definition) is 1. The van der Waals surface area contributed by atoms with Crippen LogP contribution in [0.5, 0.6) is 0 Å². The van der Waals surface area contributed by atoms with Gasteiger partial charge in [-0.25, -0.2) is 0 Å². The molecule has 0 bridgehead atoms. The van der Waals surface area contributed by atoms with Crippen molar-refractivity contribution >= 4 is 11.6 Å². The van der Waals surface area contributed by atoms with Crippen LogP contribution in [0.3, 0.4) is 0 Å². The number of nitrogens with one attached hydrogen (secondary N) is 1. The maximum absolute atomic E-state index is 6.14. The van der Waals surface area contributed by atoms with E-state index in [0.29, 0.717) is 23.3 Å². The van der Waals surface area contributed by atoms with Gasteiger partial charge in [0.15, 0.2) is 0 Å². The minimum atomic E-state index is 0.347. The maximum Gasteiger partial charge on any atom is 0.0408 e. The highest BCUT2D eigenvalue weighted by atomic mass is 35.5. The first-order chi connectivity index (χ1) is 8.54. The van der Waals surface area contributed by atoms with Crippen molar-refractivity contribution in [2.24, 2.45) is 11.3 Å². The molecule has 0 spiro atoms. The summed E-state index contributed by atoms with van der Waals surface area (Å²) >= 11 is 6.14. The Hall–Kier alpha value is -0.530. The fourth-order valence-electron chi connectivity index (χ4n) is 3.93. The van der Waals surface area contributed by atoms with E-state index < -0.39 is 0 Å². The Morgan fingerprint density at radius 2 is 2.06 bits per heavy atom. The van der Waals surface area contributed by atoms with E-state index in [1.54, 1.807) is 0 Å².